The predicted molar refractivity (Wildman–Crippen MR) is 64.4 cm³/mol. The largest absolute Gasteiger partial charge is 0.508 e. The van der Waals surface area contributed by atoms with Gasteiger partial charge in [0, 0.05) is 32.0 Å². The molecule has 1 aliphatic rings. The van der Waals surface area contributed by atoms with E-state index in [0.717, 1.165) is 32.0 Å². The first-order valence-electron chi connectivity index (χ1n) is 5.81. The van der Waals surface area contributed by atoms with Crippen molar-refractivity contribution >= 4 is 0 Å². The van der Waals surface area contributed by atoms with Gasteiger partial charge in [-0.3, -0.25) is 4.90 Å². The Morgan fingerprint density at radius 3 is 2.82 bits per heavy atom. The van der Waals surface area contributed by atoms with Gasteiger partial charge in [-0.25, -0.2) is 4.98 Å². The van der Waals surface area contributed by atoms with E-state index < -0.39 is 0 Å². The quantitative estimate of drug-likeness (QED) is 0.850. The molecule has 2 heterocycles. The summed E-state index contributed by atoms with van der Waals surface area (Å²) in [4.78, 5) is 6.71. The Morgan fingerprint density at radius 1 is 1.18 bits per heavy atom. The molecule has 0 spiro atoms. The van der Waals surface area contributed by atoms with Gasteiger partial charge in [0.15, 0.2) is 0 Å². The zero-order valence-corrected chi connectivity index (χ0v) is 9.58. The first-order chi connectivity index (χ1) is 8.31. The van der Waals surface area contributed by atoms with Gasteiger partial charge in [-0.15, -0.1) is 0 Å². The Hall–Kier alpha value is -1.81. The lowest BCUT2D eigenvalue weighted by Gasteiger charge is -2.27. The fraction of sp³-hybridized carbons (Fsp3) is 0.308. The number of phenols is 1. The van der Waals surface area contributed by atoms with E-state index in [1.54, 1.807) is 12.1 Å². The average molecular weight is 229 g/mol. The van der Waals surface area contributed by atoms with Crippen LogP contribution in [-0.2, 0) is 19.6 Å². The van der Waals surface area contributed by atoms with Crippen LogP contribution in [0.5, 0.6) is 5.75 Å². The molecule has 2 aromatic rings. The Balaban J connectivity index is 1.69. The molecule has 1 aliphatic heterocycles. The smallest absolute Gasteiger partial charge is 0.122 e. The molecular formula is C13H15N3O. The second-order valence-corrected chi connectivity index (χ2v) is 4.41. The number of imidazole rings is 1. The Morgan fingerprint density at radius 2 is 2.00 bits per heavy atom. The van der Waals surface area contributed by atoms with E-state index in [0.29, 0.717) is 5.75 Å². The van der Waals surface area contributed by atoms with E-state index in [2.05, 4.69) is 14.5 Å². The number of rotatable bonds is 2. The predicted octanol–water partition coefficient (Wildman–Crippen LogP) is 1.60. The third-order valence-corrected chi connectivity index (χ3v) is 3.17. The van der Waals surface area contributed by atoms with Gasteiger partial charge in [-0.1, -0.05) is 12.1 Å². The SMILES string of the molecule is Oc1ccc(CN2CCn3ccnc3C2)cc1. The number of hydrogen-bond acceptors (Lipinski definition) is 3. The summed E-state index contributed by atoms with van der Waals surface area (Å²) in [7, 11) is 0. The van der Waals surface area contributed by atoms with Gasteiger partial charge in [0.2, 0.25) is 0 Å². The molecule has 3 rings (SSSR count). The lowest BCUT2D eigenvalue weighted by Crippen LogP contribution is -2.33. The minimum absolute atomic E-state index is 0.322. The molecule has 1 aromatic heterocycles. The number of benzene rings is 1. The first-order valence-corrected chi connectivity index (χ1v) is 5.81. The summed E-state index contributed by atoms with van der Waals surface area (Å²) in [5, 5.41) is 9.24. The molecule has 0 saturated carbocycles. The molecule has 0 unspecified atom stereocenters. The van der Waals surface area contributed by atoms with Crippen LogP contribution in [0.3, 0.4) is 0 Å². The molecule has 0 amide bonds. The zero-order chi connectivity index (χ0) is 11.7. The van der Waals surface area contributed by atoms with Crippen molar-refractivity contribution in [3.8, 4) is 5.75 Å². The van der Waals surface area contributed by atoms with Gasteiger partial charge >= 0.3 is 0 Å². The lowest BCUT2D eigenvalue weighted by atomic mass is 10.2. The van der Waals surface area contributed by atoms with Crippen LogP contribution in [-0.4, -0.2) is 26.1 Å². The summed E-state index contributed by atoms with van der Waals surface area (Å²) in [5.41, 5.74) is 1.22. The van der Waals surface area contributed by atoms with E-state index in [1.165, 1.54) is 5.56 Å². The number of aromatic hydroxyl groups is 1. The van der Waals surface area contributed by atoms with Crippen LogP contribution < -0.4 is 0 Å². The normalized spacial score (nSPS) is 15.8. The number of hydrogen-bond donors (Lipinski definition) is 1. The molecule has 4 nitrogen and oxygen atoms in total. The van der Waals surface area contributed by atoms with Crippen molar-refractivity contribution in [1.82, 2.24) is 14.5 Å². The van der Waals surface area contributed by atoms with Crippen LogP contribution in [0.15, 0.2) is 36.7 Å². The summed E-state index contributed by atoms with van der Waals surface area (Å²) in [6.07, 6.45) is 3.90. The maximum absolute atomic E-state index is 9.24. The summed E-state index contributed by atoms with van der Waals surface area (Å²) in [6, 6.07) is 7.41. The monoisotopic (exact) mass is 229 g/mol. The van der Waals surface area contributed by atoms with Crippen molar-refractivity contribution in [3.05, 3.63) is 48.0 Å². The summed E-state index contributed by atoms with van der Waals surface area (Å²) in [5.74, 6) is 1.46. The molecule has 1 N–H and O–H groups in total. The second kappa shape index (κ2) is 4.22. The molecule has 0 bridgehead atoms. The van der Waals surface area contributed by atoms with E-state index in [4.69, 9.17) is 0 Å². The molecule has 4 heteroatoms. The van der Waals surface area contributed by atoms with Crippen LogP contribution in [0.1, 0.15) is 11.4 Å². The minimum Gasteiger partial charge on any atom is -0.508 e. The molecule has 1 aromatic carbocycles. The minimum atomic E-state index is 0.322. The molecular weight excluding hydrogens is 214 g/mol. The van der Waals surface area contributed by atoms with Gasteiger partial charge in [0.25, 0.3) is 0 Å². The maximum atomic E-state index is 9.24. The molecule has 0 saturated heterocycles. The summed E-state index contributed by atoms with van der Waals surface area (Å²) < 4.78 is 2.20. The third-order valence-electron chi connectivity index (χ3n) is 3.17. The molecule has 0 aliphatic carbocycles. The molecule has 17 heavy (non-hydrogen) atoms. The summed E-state index contributed by atoms with van der Waals surface area (Å²) >= 11 is 0. The first kappa shape index (κ1) is 10.4. The van der Waals surface area contributed by atoms with Crippen molar-refractivity contribution in [1.29, 1.82) is 0 Å². The van der Waals surface area contributed by atoms with Gasteiger partial charge in [0.1, 0.15) is 11.6 Å². The highest BCUT2D eigenvalue weighted by Gasteiger charge is 2.16. The molecule has 0 radical (unpaired) electrons. The molecule has 0 fully saturated rings. The Bertz CT molecular complexity index is 504. The second-order valence-electron chi connectivity index (χ2n) is 4.41. The topological polar surface area (TPSA) is 41.3 Å². The highest BCUT2D eigenvalue weighted by atomic mass is 16.3. The van der Waals surface area contributed by atoms with E-state index >= 15 is 0 Å². The van der Waals surface area contributed by atoms with Crippen molar-refractivity contribution < 1.29 is 5.11 Å². The average Bonchev–Trinajstić information content (AvgIpc) is 2.79. The third kappa shape index (κ3) is 2.17. The van der Waals surface area contributed by atoms with Crippen molar-refractivity contribution in [2.45, 2.75) is 19.6 Å². The van der Waals surface area contributed by atoms with Crippen LogP contribution >= 0.6 is 0 Å². The Labute approximate surface area is 100 Å². The summed E-state index contributed by atoms with van der Waals surface area (Å²) in [6.45, 7) is 3.86. The van der Waals surface area contributed by atoms with Crippen LogP contribution in [0.25, 0.3) is 0 Å². The van der Waals surface area contributed by atoms with Crippen molar-refractivity contribution in [2.24, 2.45) is 0 Å². The van der Waals surface area contributed by atoms with Crippen molar-refractivity contribution in [2.75, 3.05) is 6.54 Å². The zero-order valence-electron chi connectivity index (χ0n) is 9.58. The molecule has 88 valence electrons. The van der Waals surface area contributed by atoms with Gasteiger partial charge < -0.3 is 9.67 Å². The van der Waals surface area contributed by atoms with Crippen LogP contribution in [0, 0.1) is 0 Å². The fourth-order valence-electron chi connectivity index (χ4n) is 2.22. The fourth-order valence-corrected chi connectivity index (χ4v) is 2.22. The highest BCUT2D eigenvalue weighted by molar-refractivity contribution is 5.25. The van der Waals surface area contributed by atoms with Crippen molar-refractivity contribution in [3.63, 3.8) is 0 Å². The van der Waals surface area contributed by atoms with Crippen LogP contribution in [0.4, 0.5) is 0 Å². The highest BCUT2D eigenvalue weighted by Crippen LogP contribution is 2.15. The standard InChI is InChI=1S/C13H15N3O/c17-12-3-1-11(2-4-12)9-15-7-8-16-6-5-14-13(16)10-15/h1-6,17H,7-10H2. The van der Waals surface area contributed by atoms with E-state index in [9.17, 15) is 5.11 Å². The number of fused-ring (bicyclic) bond motifs is 1. The van der Waals surface area contributed by atoms with Gasteiger partial charge in [-0.05, 0) is 17.7 Å². The van der Waals surface area contributed by atoms with Gasteiger partial charge in [-0.2, -0.15) is 0 Å². The number of aromatic nitrogens is 2. The van der Waals surface area contributed by atoms with E-state index in [1.807, 2.05) is 24.5 Å². The molecule has 0 atom stereocenters. The maximum Gasteiger partial charge on any atom is 0.122 e. The number of phenolic OH excluding ortho intramolecular Hbond substituents is 1. The van der Waals surface area contributed by atoms with Gasteiger partial charge in [0.05, 0.1) is 6.54 Å². The Kier molecular flexibility index (Phi) is 2.57. The number of nitrogens with zero attached hydrogens (tertiary/aromatic N) is 3. The van der Waals surface area contributed by atoms with Crippen LogP contribution in [0.2, 0.25) is 0 Å². The lowest BCUT2D eigenvalue weighted by molar-refractivity contribution is 0.209. The van der Waals surface area contributed by atoms with E-state index in [-0.39, 0.29) is 0 Å².